The molecule has 0 aliphatic heterocycles. The van der Waals surface area contributed by atoms with Gasteiger partial charge < -0.3 is 4.90 Å². The summed E-state index contributed by atoms with van der Waals surface area (Å²) in [5, 5.41) is 5.40. The Kier molecular flexibility index (Phi) is 7.52. The number of para-hydroxylation sites is 1. The predicted molar refractivity (Wildman–Crippen MR) is 233 cm³/mol. The lowest BCUT2D eigenvalue weighted by atomic mass is 9.80. The summed E-state index contributed by atoms with van der Waals surface area (Å²) in [7, 11) is 0. The molecule has 8 aromatic rings. The summed E-state index contributed by atoms with van der Waals surface area (Å²) in [5.41, 5.74) is 15.5. The number of nitrogens with zero attached hydrogens (tertiary/aromatic N) is 1. The van der Waals surface area contributed by atoms with Crippen LogP contribution in [-0.2, 0) is 0 Å². The number of fused-ring (bicyclic) bond motifs is 5. The van der Waals surface area contributed by atoms with Gasteiger partial charge >= 0.3 is 0 Å². The Bertz CT molecular complexity index is 2850. The Hall–Kier alpha value is -5.96. The summed E-state index contributed by atoms with van der Waals surface area (Å²) in [4.78, 5) is 2.49. The van der Waals surface area contributed by atoms with Crippen LogP contribution < -0.4 is 4.90 Å². The van der Waals surface area contributed by atoms with E-state index < -0.39 is 0 Å². The molecule has 3 aliphatic rings. The normalized spacial score (nSPS) is 13.9. The fourth-order valence-corrected chi connectivity index (χ4v) is 10.5. The number of rotatable bonds is 7. The number of thiophene rings is 1. The lowest BCUT2D eigenvalue weighted by molar-refractivity contribution is 0.445. The van der Waals surface area contributed by atoms with Crippen molar-refractivity contribution in [2.45, 2.75) is 38.0 Å². The number of hydrogen-bond donors (Lipinski definition) is 0. The molecule has 258 valence electrons. The zero-order chi connectivity index (χ0) is 35.6. The smallest absolute Gasteiger partial charge is 0.0540 e. The van der Waals surface area contributed by atoms with Gasteiger partial charge in [0.1, 0.15) is 0 Å². The lowest BCUT2D eigenvalue weighted by Gasteiger charge is -2.29. The van der Waals surface area contributed by atoms with Gasteiger partial charge in [0, 0.05) is 37.1 Å². The second-order valence-electron chi connectivity index (χ2n) is 15.0. The Morgan fingerprint density at radius 1 is 0.444 bits per heavy atom. The molecule has 0 atom stereocenters. The molecular weight excluding hydrogens is 671 g/mol. The largest absolute Gasteiger partial charge is 0.310 e. The van der Waals surface area contributed by atoms with Crippen molar-refractivity contribution in [3.8, 4) is 44.5 Å². The summed E-state index contributed by atoms with van der Waals surface area (Å²) < 4.78 is 2.66. The SMILES string of the molecule is c1cc(-c2cccc3sc4ccccc4c23)cc(N(c2ccc(-c3c4cccc3-4)cc2)c2ccccc2-c2cccc3cccc(C4CCCCC4)c23)c1. The Balaban J connectivity index is 1.11. The average molecular weight is 710 g/mol. The van der Waals surface area contributed by atoms with E-state index in [2.05, 4.69) is 175 Å². The molecule has 1 nitrogen and oxygen atoms in total. The molecule has 0 bridgehead atoms. The van der Waals surface area contributed by atoms with Gasteiger partial charge in [-0.3, -0.25) is 0 Å². The monoisotopic (exact) mass is 709 g/mol. The quantitative estimate of drug-likeness (QED) is 0.159. The van der Waals surface area contributed by atoms with Gasteiger partial charge in [-0.1, -0.05) is 147 Å². The maximum Gasteiger partial charge on any atom is 0.0540 e. The van der Waals surface area contributed by atoms with Crippen LogP contribution in [0.3, 0.4) is 0 Å². The highest BCUT2D eigenvalue weighted by atomic mass is 32.1. The number of hydrogen-bond acceptors (Lipinski definition) is 2. The summed E-state index contributed by atoms with van der Waals surface area (Å²) in [6.45, 7) is 0. The van der Waals surface area contributed by atoms with Crippen LogP contribution in [0.25, 0.3) is 75.5 Å². The van der Waals surface area contributed by atoms with E-state index in [0.717, 1.165) is 11.4 Å². The van der Waals surface area contributed by atoms with E-state index in [1.54, 1.807) is 0 Å². The molecule has 1 fully saturated rings. The van der Waals surface area contributed by atoms with Crippen molar-refractivity contribution in [3.63, 3.8) is 0 Å². The van der Waals surface area contributed by atoms with Gasteiger partial charge in [-0.05, 0) is 117 Å². The van der Waals surface area contributed by atoms with Crippen molar-refractivity contribution in [2.24, 2.45) is 0 Å². The molecule has 3 aliphatic carbocycles. The maximum atomic E-state index is 2.49. The first-order valence-corrected chi connectivity index (χ1v) is 20.3. The summed E-state index contributed by atoms with van der Waals surface area (Å²) >= 11 is 1.88. The molecule has 0 N–H and O–H groups in total. The Morgan fingerprint density at radius 2 is 1.11 bits per heavy atom. The maximum absolute atomic E-state index is 2.49. The second kappa shape index (κ2) is 12.9. The van der Waals surface area contributed by atoms with Crippen molar-refractivity contribution >= 4 is 59.3 Å². The van der Waals surface area contributed by atoms with Crippen LogP contribution >= 0.6 is 11.3 Å². The highest BCUT2D eigenvalue weighted by molar-refractivity contribution is 7.25. The van der Waals surface area contributed by atoms with Gasteiger partial charge in [0.05, 0.1) is 5.69 Å². The third-order valence-electron chi connectivity index (χ3n) is 11.9. The zero-order valence-corrected chi connectivity index (χ0v) is 31.0. The lowest BCUT2D eigenvalue weighted by Crippen LogP contribution is -2.11. The fraction of sp³-hybridized carbons (Fsp3) is 0.115. The molecule has 0 unspecified atom stereocenters. The minimum absolute atomic E-state index is 0.606. The van der Waals surface area contributed by atoms with Gasteiger partial charge in [-0.15, -0.1) is 11.3 Å². The van der Waals surface area contributed by atoms with Crippen molar-refractivity contribution in [2.75, 3.05) is 4.90 Å². The molecule has 0 radical (unpaired) electrons. The van der Waals surface area contributed by atoms with Crippen molar-refractivity contribution in [3.05, 3.63) is 175 Å². The summed E-state index contributed by atoms with van der Waals surface area (Å²) in [6, 6.07) is 63.6. The van der Waals surface area contributed by atoms with Crippen LogP contribution in [0.5, 0.6) is 0 Å². The van der Waals surface area contributed by atoms with E-state index in [4.69, 9.17) is 0 Å². The van der Waals surface area contributed by atoms with E-state index >= 15 is 0 Å². The Labute approximate surface area is 320 Å². The second-order valence-corrected chi connectivity index (χ2v) is 16.1. The van der Waals surface area contributed by atoms with E-state index in [1.165, 1.54) is 119 Å². The van der Waals surface area contributed by atoms with Crippen LogP contribution in [0, 0.1) is 0 Å². The van der Waals surface area contributed by atoms with Crippen molar-refractivity contribution < 1.29 is 0 Å². The molecule has 1 saturated carbocycles. The zero-order valence-electron chi connectivity index (χ0n) is 30.1. The summed E-state index contributed by atoms with van der Waals surface area (Å²) in [6.07, 6.45) is 6.55. The van der Waals surface area contributed by atoms with E-state index in [-0.39, 0.29) is 0 Å². The molecule has 7 aromatic carbocycles. The highest BCUT2D eigenvalue weighted by Crippen LogP contribution is 2.52. The molecular formula is C52H39NS. The molecule has 0 spiro atoms. The van der Waals surface area contributed by atoms with E-state index in [1.807, 2.05) is 11.3 Å². The van der Waals surface area contributed by atoms with Crippen molar-refractivity contribution in [1.82, 2.24) is 0 Å². The first-order chi connectivity index (χ1) is 26.8. The average Bonchev–Trinajstić information content (AvgIpc) is 3.50. The molecule has 54 heavy (non-hydrogen) atoms. The minimum Gasteiger partial charge on any atom is -0.310 e. The molecule has 2 heteroatoms. The van der Waals surface area contributed by atoms with Crippen LogP contribution in [0.1, 0.15) is 43.6 Å². The first kappa shape index (κ1) is 31.6. The van der Waals surface area contributed by atoms with Gasteiger partial charge in [0.25, 0.3) is 0 Å². The molecule has 1 aromatic heterocycles. The molecule has 1 heterocycles. The van der Waals surface area contributed by atoms with Crippen LogP contribution in [0.2, 0.25) is 0 Å². The minimum atomic E-state index is 0.606. The molecule has 11 rings (SSSR count). The predicted octanol–water partition coefficient (Wildman–Crippen LogP) is 15.7. The number of anilines is 3. The van der Waals surface area contributed by atoms with Gasteiger partial charge in [-0.2, -0.15) is 0 Å². The van der Waals surface area contributed by atoms with Gasteiger partial charge in [-0.25, -0.2) is 0 Å². The topological polar surface area (TPSA) is 3.24 Å². The third kappa shape index (κ3) is 5.20. The fourth-order valence-electron chi connectivity index (χ4n) is 9.39. The van der Waals surface area contributed by atoms with E-state index in [0.29, 0.717) is 5.92 Å². The van der Waals surface area contributed by atoms with E-state index in [9.17, 15) is 0 Å². The van der Waals surface area contributed by atoms with Crippen molar-refractivity contribution in [1.29, 1.82) is 0 Å². The van der Waals surface area contributed by atoms with Crippen LogP contribution in [0.4, 0.5) is 17.1 Å². The summed E-state index contributed by atoms with van der Waals surface area (Å²) in [5.74, 6) is 0.606. The first-order valence-electron chi connectivity index (χ1n) is 19.5. The Morgan fingerprint density at radius 3 is 1.98 bits per heavy atom. The van der Waals surface area contributed by atoms with Gasteiger partial charge in [0.2, 0.25) is 0 Å². The molecule has 0 amide bonds. The van der Waals surface area contributed by atoms with Gasteiger partial charge in [0.15, 0.2) is 0 Å². The standard InChI is InChI=1S/C52H39NS/c1-2-13-34(14-3-1)40-21-9-15-35-16-10-23-43(50(35)40)42-19-4-6-26-47(42)53(38-31-29-36(30-32-38)51-44-24-11-25-45(44)51)39-18-8-17-37(33-39)41-22-12-28-49-52(41)46-20-5-7-27-48(46)54-49/h4-12,15-34H,1-3,13-14H2. The van der Waals surface area contributed by atoms with Crippen LogP contribution in [-0.4, -0.2) is 0 Å². The van der Waals surface area contributed by atoms with Crippen LogP contribution in [0.15, 0.2) is 170 Å². The number of benzene rings is 8. The highest BCUT2D eigenvalue weighted by Gasteiger charge is 2.26. The molecule has 0 saturated heterocycles. The third-order valence-corrected chi connectivity index (χ3v) is 13.1.